The van der Waals surface area contributed by atoms with Crippen molar-refractivity contribution in [2.24, 2.45) is 23.2 Å². The van der Waals surface area contributed by atoms with E-state index in [9.17, 15) is 27.9 Å². The molecule has 2 aliphatic heterocycles. The third kappa shape index (κ3) is 4.95. The second kappa shape index (κ2) is 11.2. The maximum atomic E-state index is 14.5. The molecule has 10 heteroatoms. The molecule has 1 aromatic rings. The quantitative estimate of drug-likeness (QED) is 0.152. The first-order valence-corrected chi connectivity index (χ1v) is 15.9. The van der Waals surface area contributed by atoms with Crippen molar-refractivity contribution in [3.8, 4) is 0 Å². The number of piperidine rings is 1. The van der Waals surface area contributed by atoms with E-state index in [1.807, 2.05) is 6.08 Å². The molecular weight excluding hydrogens is 585 g/mol. The monoisotopic (exact) mass is 627 g/mol. The van der Waals surface area contributed by atoms with Crippen LogP contribution in [0.2, 0.25) is 0 Å². The second-order valence-corrected chi connectivity index (χ2v) is 13.9. The van der Waals surface area contributed by atoms with Crippen molar-refractivity contribution in [1.82, 2.24) is 5.32 Å². The average molecular weight is 628 g/mol. The molecule has 1 spiro atoms. The van der Waals surface area contributed by atoms with Crippen LogP contribution in [0, 0.1) is 23.2 Å². The van der Waals surface area contributed by atoms with Gasteiger partial charge >= 0.3 is 12.1 Å². The Bertz CT molecular complexity index is 1480. The summed E-state index contributed by atoms with van der Waals surface area (Å²) in [6.07, 6.45) is 2.24. The number of benzene rings is 1. The molecule has 7 nitrogen and oxygen atoms in total. The van der Waals surface area contributed by atoms with Crippen LogP contribution in [0.4, 0.5) is 13.2 Å². The van der Waals surface area contributed by atoms with Crippen LogP contribution in [0.3, 0.4) is 0 Å². The first-order valence-electron chi connectivity index (χ1n) is 15.9. The Morgan fingerprint density at radius 3 is 2.62 bits per heavy atom. The summed E-state index contributed by atoms with van der Waals surface area (Å²) < 4.78 is 56.8. The van der Waals surface area contributed by atoms with Crippen LogP contribution in [0.1, 0.15) is 58.4 Å². The third-order valence-electron chi connectivity index (χ3n) is 10.9. The van der Waals surface area contributed by atoms with E-state index in [0.717, 1.165) is 43.0 Å². The van der Waals surface area contributed by atoms with Gasteiger partial charge in [-0.1, -0.05) is 57.2 Å². The highest BCUT2D eigenvalue weighted by molar-refractivity contribution is 6.00. The van der Waals surface area contributed by atoms with Crippen molar-refractivity contribution < 1.29 is 41.8 Å². The van der Waals surface area contributed by atoms with Crippen LogP contribution < -0.4 is 5.32 Å². The zero-order valence-corrected chi connectivity index (χ0v) is 26.0. The number of ether oxygens (including phenoxy) is 2. The molecule has 3 aliphatic carbocycles. The second-order valence-electron chi connectivity index (χ2n) is 13.9. The fourth-order valence-electron chi connectivity index (χ4n) is 9.73. The highest BCUT2D eigenvalue weighted by Gasteiger charge is 2.77. The van der Waals surface area contributed by atoms with Crippen molar-refractivity contribution >= 4 is 18.0 Å². The van der Waals surface area contributed by atoms with Crippen molar-refractivity contribution in [3.63, 3.8) is 0 Å². The predicted molar refractivity (Wildman–Crippen MR) is 162 cm³/mol. The first-order chi connectivity index (χ1) is 21.3. The summed E-state index contributed by atoms with van der Waals surface area (Å²) in [7, 11) is 0. The number of carbonyl (C=O) groups excluding carboxylic acids is 2. The number of nitrogens with zero attached hydrogens (tertiary/aromatic N) is 1. The molecule has 1 aromatic carbocycles. The minimum absolute atomic E-state index is 0.0715. The lowest BCUT2D eigenvalue weighted by molar-refractivity contribution is -0.961. The Labute approximate surface area is 262 Å². The van der Waals surface area contributed by atoms with E-state index in [2.05, 4.69) is 25.7 Å². The van der Waals surface area contributed by atoms with Gasteiger partial charge in [-0.3, -0.25) is 9.59 Å². The number of likely N-dealkylation sites (tertiary alicyclic amines) is 1. The Hall–Kier alpha value is -3.37. The van der Waals surface area contributed by atoms with Gasteiger partial charge in [0, 0.05) is 49.0 Å². The zero-order chi connectivity index (χ0) is 32.4. The first kappa shape index (κ1) is 31.6. The number of nitrogens with one attached hydrogen (secondary N) is 1. The molecule has 4 fully saturated rings. The van der Waals surface area contributed by atoms with E-state index in [1.165, 1.54) is 25.1 Å². The van der Waals surface area contributed by atoms with Crippen molar-refractivity contribution in [2.45, 2.75) is 76.9 Å². The maximum absolute atomic E-state index is 14.5. The van der Waals surface area contributed by atoms with E-state index in [1.54, 1.807) is 18.2 Å². The van der Waals surface area contributed by atoms with Gasteiger partial charge in [0.05, 0.1) is 31.8 Å². The summed E-state index contributed by atoms with van der Waals surface area (Å²) in [6.45, 7) is 12.2. The summed E-state index contributed by atoms with van der Waals surface area (Å²) in [5.74, 6) is -2.53. The van der Waals surface area contributed by atoms with E-state index in [-0.39, 0.29) is 29.0 Å². The molecule has 2 N–H and O–H groups in total. The number of hydrogen-bond acceptors (Lipinski definition) is 5. The number of aliphatic hydroxyl groups excluding tert-OH is 1. The number of alkyl halides is 3. The zero-order valence-electron chi connectivity index (χ0n) is 26.0. The van der Waals surface area contributed by atoms with E-state index in [0.29, 0.717) is 30.8 Å². The summed E-state index contributed by atoms with van der Waals surface area (Å²) in [5, 5.41) is 14.2. The number of quaternary nitrogens is 1. The van der Waals surface area contributed by atoms with Gasteiger partial charge in [0.15, 0.2) is 5.76 Å². The molecular formula is C35H42F3N2O5+. The summed E-state index contributed by atoms with van der Waals surface area (Å²) in [6, 6.07) is 7.97. The number of amides is 1. The Morgan fingerprint density at radius 2 is 1.98 bits per heavy atom. The van der Waals surface area contributed by atoms with Crippen LogP contribution in [0.15, 0.2) is 71.7 Å². The molecule has 2 heterocycles. The highest BCUT2D eigenvalue weighted by Crippen LogP contribution is 2.71. The van der Waals surface area contributed by atoms with Gasteiger partial charge in [0.1, 0.15) is 11.3 Å². The van der Waals surface area contributed by atoms with Crippen LogP contribution in [0.25, 0.3) is 6.08 Å². The number of rotatable bonds is 8. The highest BCUT2D eigenvalue weighted by atomic mass is 19.4. The molecule has 45 heavy (non-hydrogen) atoms. The SMILES string of the molecule is C=CC[N+]1(CC(C)C)CC[C@]23C4C5=C(O)C=C(OC(C)=O)C4(NC(=O)C(=Cc4ccccc4)C(F)(F)F)O[C@H]2CCC[C@H]3[C@H]1C5. The van der Waals surface area contributed by atoms with Gasteiger partial charge in [0.25, 0.3) is 5.91 Å². The number of esters is 1. The Morgan fingerprint density at radius 1 is 1.24 bits per heavy atom. The molecule has 0 aromatic heterocycles. The van der Waals surface area contributed by atoms with Crippen LogP contribution >= 0.6 is 0 Å². The van der Waals surface area contributed by atoms with Crippen LogP contribution in [0.5, 0.6) is 0 Å². The predicted octanol–water partition coefficient (Wildman–Crippen LogP) is 6.35. The topological polar surface area (TPSA) is 84.9 Å². The smallest absolute Gasteiger partial charge is 0.421 e. The minimum Gasteiger partial charge on any atom is -0.508 e. The standard InChI is InChI=1S/C35H41F3N2O5/c1-5-15-40(20-21(2)3)16-14-33-25-12-9-13-29(33)45-34(30(44-22(4)41)19-28(42)24(31(33)34)18-27(25)40)39-32(43)26(35(36,37)38)17-23-10-7-6-8-11-23/h5-8,10-11,17,19,21,25,27,29,31H,1,9,12-16,18,20H2,2-4H3,(H-,39,42,43)/p+1/t25-,27+,29-,31?,33+,34?,40?/m0/s1. The van der Waals surface area contributed by atoms with Crippen molar-refractivity contribution in [2.75, 3.05) is 19.6 Å². The van der Waals surface area contributed by atoms with E-state index < -0.39 is 46.8 Å². The summed E-state index contributed by atoms with van der Waals surface area (Å²) >= 11 is 0. The van der Waals surface area contributed by atoms with Crippen molar-refractivity contribution in [1.29, 1.82) is 0 Å². The van der Waals surface area contributed by atoms with E-state index >= 15 is 0 Å². The normalized spacial score (nSPS) is 35.4. The molecule has 0 radical (unpaired) electrons. The van der Waals surface area contributed by atoms with Crippen LogP contribution in [-0.4, -0.2) is 65.1 Å². The van der Waals surface area contributed by atoms with Gasteiger partial charge < -0.3 is 24.4 Å². The summed E-state index contributed by atoms with van der Waals surface area (Å²) in [4.78, 5) is 26.2. The van der Waals surface area contributed by atoms with E-state index in [4.69, 9.17) is 9.47 Å². The minimum atomic E-state index is -4.98. The number of aliphatic hydroxyl groups is 1. The maximum Gasteiger partial charge on any atom is 0.421 e. The fourth-order valence-corrected chi connectivity index (χ4v) is 9.73. The van der Waals surface area contributed by atoms with Gasteiger partial charge in [-0.05, 0) is 36.1 Å². The molecule has 7 atom stereocenters. The molecule has 2 saturated carbocycles. The molecule has 1 amide bonds. The number of allylic oxidation sites excluding steroid dienone is 1. The molecule has 242 valence electrons. The number of hydrogen-bond donors (Lipinski definition) is 2. The summed E-state index contributed by atoms with van der Waals surface area (Å²) in [5.41, 5.74) is -3.00. The third-order valence-corrected chi connectivity index (χ3v) is 10.9. The molecule has 2 saturated heterocycles. The lowest BCUT2D eigenvalue weighted by Gasteiger charge is -2.65. The average Bonchev–Trinajstić information content (AvgIpc) is 3.24. The van der Waals surface area contributed by atoms with Gasteiger partial charge in [-0.2, -0.15) is 13.2 Å². The van der Waals surface area contributed by atoms with Crippen LogP contribution in [-0.2, 0) is 19.1 Å². The largest absolute Gasteiger partial charge is 0.508 e. The Balaban J connectivity index is 1.51. The number of halogens is 3. The number of carbonyl (C=O) groups is 2. The molecule has 6 rings (SSSR count). The van der Waals surface area contributed by atoms with Gasteiger partial charge in [0.2, 0.25) is 5.72 Å². The fraction of sp³-hybridized carbons (Fsp3) is 0.543. The lowest BCUT2D eigenvalue weighted by Crippen LogP contribution is -2.73. The molecule has 5 aliphatic rings. The molecule has 3 unspecified atom stereocenters. The lowest BCUT2D eigenvalue weighted by atomic mass is 9.46. The van der Waals surface area contributed by atoms with Gasteiger partial charge in [-0.25, -0.2) is 0 Å². The molecule has 2 bridgehead atoms. The van der Waals surface area contributed by atoms with Crippen molar-refractivity contribution in [3.05, 3.63) is 77.3 Å². The van der Waals surface area contributed by atoms with Gasteiger partial charge in [-0.15, -0.1) is 0 Å². The Kier molecular flexibility index (Phi) is 7.84.